The van der Waals surface area contributed by atoms with E-state index in [0.717, 1.165) is 25.0 Å². The van der Waals surface area contributed by atoms with Crippen LogP contribution in [-0.2, 0) is 0 Å². The summed E-state index contributed by atoms with van der Waals surface area (Å²) >= 11 is 0. The Morgan fingerprint density at radius 1 is 1.27 bits per heavy atom. The number of nitrogens with zero attached hydrogens (tertiary/aromatic N) is 1. The summed E-state index contributed by atoms with van der Waals surface area (Å²) < 4.78 is 0. The van der Waals surface area contributed by atoms with E-state index >= 15 is 0 Å². The molecule has 0 amide bonds. The van der Waals surface area contributed by atoms with Gasteiger partial charge in [-0.05, 0) is 45.2 Å². The van der Waals surface area contributed by atoms with Crippen molar-refractivity contribution in [2.75, 3.05) is 26.7 Å². The second kappa shape index (κ2) is 5.28. The third-order valence-electron chi connectivity index (χ3n) is 4.00. The molecule has 15 heavy (non-hydrogen) atoms. The molecule has 2 aliphatic carbocycles. The predicted molar refractivity (Wildman–Crippen MR) is 63.8 cm³/mol. The zero-order valence-corrected chi connectivity index (χ0v) is 9.91. The summed E-state index contributed by atoms with van der Waals surface area (Å²) in [7, 11) is 2.24. The van der Waals surface area contributed by atoms with Crippen molar-refractivity contribution in [1.82, 2.24) is 10.2 Å². The Balaban J connectivity index is 1.60. The molecule has 2 rings (SSSR count). The van der Waals surface area contributed by atoms with Gasteiger partial charge in [-0.15, -0.1) is 0 Å². The van der Waals surface area contributed by atoms with E-state index < -0.39 is 0 Å². The van der Waals surface area contributed by atoms with Gasteiger partial charge in [0, 0.05) is 25.2 Å². The van der Waals surface area contributed by atoms with Crippen molar-refractivity contribution in [3.63, 3.8) is 0 Å². The molecule has 0 bridgehead atoms. The van der Waals surface area contributed by atoms with Gasteiger partial charge in [-0.1, -0.05) is 6.42 Å². The molecule has 2 aliphatic rings. The van der Waals surface area contributed by atoms with Crippen LogP contribution in [0.5, 0.6) is 0 Å². The molecule has 2 atom stereocenters. The van der Waals surface area contributed by atoms with E-state index in [0.29, 0.717) is 6.04 Å². The van der Waals surface area contributed by atoms with Crippen LogP contribution in [0.2, 0.25) is 0 Å². The number of hydrogen-bond acceptors (Lipinski definition) is 3. The monoisotopic (exact) mass is 211 g/mol. The Morgan fingerprint density at radius 3 is 2.73 bits per heavy atom. The topological polar surface area (TPSA) is 41.3 Å². The molecule has 0 aromatic heterocycles. The summed E-state index contributed by atoms with van der Waals surface area (Å²) in [4.78, 5) is 2.49. The molecule has 0 aromatic rings. The Labute approximate surface area is 93.4 Å². The highest BCUT2D eigenvalue weighted by molar-refractivity contribution is 4.85. The third-order valence-corrected chi connectivity index (χ3v) is 4.00. The second-order valence-corrected chi connectivity index (χ2v) is 5.20. The van der Waals surface area contributed by atoms with Crippen molar-refractivity contribution >= 4 is 0 Å². The molecule has 3 N–H and O–H groups in total. The van der Waals surface area contributed by atoms with E-state index in [9.17, 15) is 0 Å². The first-order valence-electron chi connectivity index (χ1n) is 6.45. The van der Waals surface area contributed by atoms with Crippen molar-refractivity contribution < 1.29 is 0 Å². The van der Waals surface area contributed by atoms with Crippen LogP contribution in [0.4, 0.5) is 0 Å². The summed E-state index contributed by atoms with van der Waals surface area (Å²) in [5.74, 6) is 0.733. The molecular weight excluding hydrogens is 186 g/mol. The molecule has 0 heterocycles. The van der Waals surface area contributed by atoms with Gasteiger partial charge in [0.2, 0.25) is 0 Å². The molecule has 0 radical (unpaired) electrons. The van der Waals surface area contributed by atoms with Crippen molar-refractivity contribution in [3.05, 3.63) is 0 Å². The minimum absolute atomic E-state index is 0.697. The summed E-state index contributed by atoms with van der Waals surface area (Å²) in [5, 5.41) is 3.67. The lowest BCUT2D eigenvalue weighted by Gasteiger charge is -2.22. The molecule has 0 aromatic carbocycles. The van der Waals surface area contributed by atoms with Gasteiger partial charge in [0.25, 0.3) is 0 Å². The van der Waals surface area contributed by atoms with Crippen molar-refractivity contribution in [2.45, 2.75) is 44.2 Å². The average molecular weight is 211 g/mol. The van der Waals surface area contributed by atoms with Gasteiger partial charge in [-0.25, -0.2) is 0 Å². The molecule has 0 saturated heterocycles. The Morgan fingerprint density at radius 2 is 2.07 bits per heavy atom. The maximum absolute atomic E-state index is 5.76. The standard InChI is InChI=1S/C12H25N3/c1-15(11-5-6-11)8-7-14-12-4-2-3-10(12)9-13/h10-12,14H,2-9,13H2,1H3. The first kappa shape index (κ1) is 11.4. The van der Waals surface area contributed by atoms with E-state index in [1.807, 2.05) is 0 Å². The van der Waals surface area contributed by atoms with E-state index in [1.54, 1.807) is 0 Å². The molecule has 3 nitrogen and oxygen atoms in total. The molecule has 0 spiro atoms. The van der Waals surface area contributed by atoms with Crippen LogP contribution in [0.15, 0.2) is 0 Å². The lowest BCUT2D eigenvalue weighted by atomic mass is 10.0. The van der Waals surface area contributed by atoms with Crippen LogP contribution in [0.1, 0.15) is 32.1 Å². The normalized spacial score (nSPS) is 31.4. The van der Waals surface area contributed by atoms with Crippen LogP contribution in [0.3, 0.4) is 0 Å². The van der Waals surface area contributed by atoms with Gasteiger partial charge in [0.1, 0.15) is 0 Å². The molecule has 88 valence electrons. The zero-order valence-electron chi connectivity index (χ0n) is 9.91. The highest BCUT2D eigenvalue weighted by atomic mass is 15.2. The zero-order chi connectivity index (χ0) is 10.7. The average Bonchev–Trinajstić information content (AvgIpc) is 2.99. The quantitative estimate of drug-likeness (QED) is 0.683. The van der Waals surface area contributed by atoms with Crippen LogP contribution in [-0.4, -0.2) is 43.7 Å². The summed E-state index contributed by atoms with van der Waals surface area (Å²) in [6.45, 7) is 3.18. The maximum Gasteiger partial charge on any atom is 0.0108 e. The Kier molecular flexibility index (Phi) is 4.00. The number of hydrogen-bond donors (Lipinski definition) is 2. The number of rotatable bonds is 6. The van der Waals surface area contributed by atoms with E-state index in [1.165, 1.54) is 38.6 Å². The van der Waals surface area contributed by atoms with E-state index in [2.05, 4.69) is 17.3 Å². The lowest BCUT2D eigenvalue weighted by Crippen LogP contribution is -2.40. The number of nitrogens with one attached hydrogen (secondary N) is 1. The summed E-state index contributed by atoms with van der Waals surface area (Å²) in [5.41, 5.74) is 5.76. The van der Waals surface area contributed by atoms with Gasteiger partial charge in [0.15, 0.2) is 0 Å². The van der Waals surface area contributed by atoms with E-state index in [-0.39, 0.29) is 0 Å². The highest BCUT2D eigenvalue weighted by Gasteiger charge is 2.27. The van der Waals surface area contributed by atoms with Gasteiger partial charge in [-0.3, -0.25) is 0 Å². The summed E-state index contributed by atoms with van der Waals surface area (Å²) in [6.07, 6.45) is 6.83. The minimum Gasteiger partial charge on any atom is -0.330 e. The molecule has 3 heteroatoms. The Hall–Kier alpha value is -0.120. The number of nitrogens with two attached hydrogens (primary N) is 1. The fourth-order valence-corrected chi connectivity index (χ4v) is 2.71. The van der Waals surface area contributed by atoms with E-state index in [4.69, 9.17) is 5.73 Å². The van der Waals surface area contributed by atoms with Crippen LogP contribution in [0.25, 0.3) is 0 Å². The molecule has 2 unspecified atom stereocenters. The van der Waals surface area contributed by atoms with Crippen LogP contribution >= 0.6 is 0 Å². The van der Waals surface area contributed by atoms with Crippen molar-refractivity contribution in [2.24, 2.45) is 11.7 Å². The molecule has 2 fully saturated rings. The maximum atomic E-state index is 5.76. The fourth-order valence-electron chi connectivity index (χ4n) is 2.71. The first-order chi connectivity index (χ1) is 7.31. The molecular formula is C12H25N3. The largest absolute Gasteiger partial charge is 0.330 e. The van der Waals surface area contributed by atoms with Gasteiger partial charge < -0.3 is 16.0 Å². The van der Waals surface area contributed by atoms with Crippen LogP contribution in [0, 0.1) is 5.92 Å². The van der Waals surface area contributed by atoms with Crippen molar-refractivity contribution in [1.29, 1.82) is 0 Å². The smallest absolute Gasteiger partial charge is 0.0108 e. The first-order valence-corrected chi connectivity index (χ1v) is 6.45. The Bertz CT molecular complexity index is 191. The fraction of sp³-hybridized carbons (Fsp3) is 1.00. The SMILES string of the molecule is CN(CCNC1CCCC1CN)C1CC1. The predicted octanol–water partition coefficient (Wildman–Crippen LogP) is 0.798. The highest BCUT2D eigenvalue weighted by Crippen LogP contribution is 2.26. The minimum atomic E-state index is 0.697. The van der Waals surface area contributed by atoms with Crippen LogP contribution < -0.4 is 11.1 Å². The van der Waals surface area contributed by atoms with Gasteiger partial charge in [0.05, 0.1) is 0 Å². The molecule has 0 aliphatic heterocycles. The third kappa shape index (κ3) is 3.16. The summed E-state index contributed by atoms with van der Waals surface area (Å²) in [6, 6.07) is 1.59. The second-order valence-electron chi connectivity index (χ2n) is 5.20. The lowest BCUT2D eigenvalue weighted by molar-refractivity contribution is 0.304. The van der Waals surface area contributed by atoms with Crippen molar-refractivity contribution in [3.8, 4) is 0 Å². The molecule has 2 saturated carbocycles. The van der Waals surface area contributed by atoms with Gasteiger partial charge in [-0.2, -0.15) is 0 Å². The number of likely N-dealkylation sites (N-methyl/N-ethyl adjacent to an activating group) is 1. The van der Waals surface area contributed by atoms with Gasteiger partial charge >= 0.3 is 0 Å².